The van der Waals surface area contributed by atoms with E-state index in [9.17, 15) is 19.2 Å². The number of rotatable bonds is 4. The summed E-state index contributed by atoms with van der Waals surface area (Å²) in [6.07, 6.45) is 0. The van der Waals surface area contributed by atoms with Crippen LogP contribution in [0.2, 0.25) is 0 Å². The Kier molecular flexibility index (Phi) is 5.61. The molecule has 3 aromatic rings. The Morgan fingerprint density at radius 1 is 1.09 bits per heavy atom. The molecule has 0 atom stereocenters. The lowest BCUT2D eigenvalue weighted by molar-refractivity contribution is -0.117. The van der Waals surface area contributed by atoms with Gasteiger partial charge in [0.25, 0.3) is 11.5 Å². The molecule has 0 saturated carbocycles. The van der Waals surface area contributed by atoms with Crippen molar-refractivity contribution in [2.24, 2.45) is 14.1 Å². The predicted octanol–water partition coefficient (Wildman–Crippen LogP) is -0.675. The number of amides is 2. The van der Waals surface area contributed by atoms with Gasteiger partial charge in [-0.2, -0.15) is 0 Å². The van der Waals surface area contributed by atoms with E-state index in [2.05, 4.69) is 15.5 Å². The van der Waals surface area contributed by atoms with Gasteiger partial charge < -0.3 is 14.7 Å². The molecule has 12 nitrogen and oxygen atoms in total. The molecule has 1 fully saturated rings. The molecule has 4 rings (SSSR count). The van der Waals surface area contributed by atoms with Gasteiger partial charge in [-0.05, 0) is 19.1 Å². The van der Waals surface area contributed by atoms with Gasteiger partial charge in [0.1, 0.15) is 17.1 Å². The third-order valence-corrected chi connectivity index (χ3v) is 5.44. The molecule has 0 unspecified atom stereocenters. The standard InChI is InChI=1S/C20H23N7O5/c1-12-10-15(23-32-12)22-16(28)11-26-6-8-27(9-7-26)19(30)14-5-4-13-17(21-14)24(2)20(31)25(3)18(13)29/h4-5,10H,6-9,11H2,1-3H3,(H,22,23,28). The Labute approximate surface area is 182 Å². The smallest absolute Gasteiger partial charge is 0.332 e. The van der Waals surface area contributed by atoms with E-state index in [4.69, 9.17) is 4.52 Å². The van der Waals surface area contributed by atoms with Crippen LogP contribution < -0.4 is 16.6 Å². The minimum atomic E-state index is -0.507. The van der Waals surface area contributed by atoms with Gasteiger partial charge in [-0.15, -0.1) is 0 Å². The van der Waals surface area contributed by atoms with E-state index < -0.39 is 11.2 Å². The maximum absolute atomic E-state index is 12.9. The zero-order valence-electron chi connectivity index (χ0n) is 18.0. The molecule has 3 aromatic heterocycles. The minimum Gasteiger partial charge on any atom is -0.360 e. The highest BCUT2D eigenvalue weighted by Gasteiger charge is 2.25. The SMILES string of the molecule is Cc1cc(NC(=O)CN2CCN(C(=O)c3ccc4c(=O)n(C)c(=O)n(C)c4n3)CC2)no1. The first-order valence-corrected chi connectivity index (χ1v) is 10.1. The molecule has 1 saturated heterocycles. The van der Waals surface area contributed by atoms with Gasteiger partial charge in [0.15, 0.2) is 5.82 Å². The van der Waals surface area contributed by atoms with Crippen LogP contribution in [0.1, 0.15) is 16.2 Å². The maximum Gasteiger partial charge on any atom is 0.332 e. The molecule has 0 aliphatic carbocycles. The number of aryl methyl sites for hydroxylation is 2. The van der Waals surface area contributed by atoms with Crippen LogP contribution in [-0.4, -0.2) is 73.6 Å². The predicted molar refractivity (Wildman–Crippen MR) is 114 cm³/mol. The van der Waals surface area contributed by atoms with Crippen molar-refractivity contribution in [3.63, 3.8) is 0 Å². The zero-order chi connectivity index (χ0) is 23.0. The molecule has 0 radical (unpaired) electrons. The summed E-state index contributed by atoms with van der Waals surface area (Å²) in [4.78, 5) is 57.5. The normalized spacial score (nSPS) is 14.7. The van der Waals surface area contributed by atoms with Crippen LogP contribution >= 0.6 is 0 Å². The number of hydrogen-bond donors (Lipinski definition) is 1. The summed E-state index contributed by atoms with van der Waals surface area (Å²) in [5.74, 6) is 0.474. The van der Waals surface area contributed by atoms with Gasteiger partial charge in [-0.1, -0.05) is 5.16 Å². The van der Waals surface area contributed by atoms with Crippen molar-refractivity contribution in [3.8, 4) is 0 Å². The summed E-state index contributed by atoms with van der Waals surface area (Å²) in [6.45, 7) is 3.79. The number of nitrogens with one attached hydrogen (secondary N) is 1. The number of hydrogen-bond acceptors (Lipinski definition) is 8. The number of anilines is 1. The second kappa shape index (κ2) is 8.38. The van der Waals surface area contributed by atoms with Crippen LogP contribution in [0.5, 0.6) is 0 Å². The number of carbonyl (C=O) groups is 2. The highest BCUT2D eigenvalue weighted by molar-refractivity contribution is 5.94. The number of piperazine rings is 1. The van der Waals surface area contributed by atoms with Crippen molar-refractivity contribution >= 4 is 28.7 Å². The van der Waals surface area contributed by atoms with Crippen molar-refractivity contribution in [1.82, 2.24) is 29.1 Å². The fourth-order valence-electron chi connectivity index (χ4n) is 3.66. The summed E-state index contributed by atoms with van der Waals surface area (Å²) in [5, 5.41) is 6.68. The Bertz CT molecular complexity index is 1310. The molecule has 0 bridgehead atoms. The van der Waals surface area contributed by atoms with E-state index >= 15 is 0 Å². The molecule has 12 heteroatoms. The molecular weight excluding hydrogens is 418 g/mol. The van der Waals surface area contributed by atoms with Gasteiger partial charge in [0, 0.05) is 46.3 Å². The Morgan fingerprint density at radius 3 is 2.47 bits per heavy atom. The van der Waals surface area contributed by atoms with Crippen molar-refractivity contribution in [2.45, 2.75) is 6.92 Å². The van der Waals surface area contributed by atoms with Crippen LogP contribution in [0.15, 0.2) is 32.3 Å². The van der Waals surface area contributed by atoms with Gasteiger partial charge in [-0.3, -0.25) is 28.4 Å². The first-order chi connectivity index (χ1) is 15.2. The lowest BCUT2D eigenvalue weighted by Gasteiger charge is -2.34. The molecule has 32 heavy (non-hydrogen) atoms. The lowest BCUT2D eigenvalue weighted by atomic mass is 10.2. The first-order valence-electron chi connectivity index (χ1n) is 10.1. The fraction of sp³-hybridized carbons (Fsp3) is 0.400. The quantitative estimate of drug-likeness (QED) is 0.563. The summed E-state index contributed by atoms with van der Waals surface area (Å²) in [5.41, 5.74) is -0.634. The van der Waals surface area contributed by atoms with E-state index in [0.29, 0.717) is 37.8 Å². The molecule has 4 heterocycles. The first kappa shape index (κ1) is 21.4. The van der Waals surface area contributed by atoms with Crippen molar-refractivity contribution in [2.75, 3.05) is 38.0 Å². The zero-order valence-corrected chi connectivity index (χ0v) is 18.0. The average molecular weight is 441 g/mol. The number of aromatic nitrogens is 4. The van der Waals surface area contributed by atoms with Crippen molar-refractivity contribution in [1.29, 1.82) is 0 Å². The van der Waals surface area contributed by atoms with Crippen LogP contribution in [0.4, 0.5) is 5.82 Å². The Balaban J connectivity index is 1.41. The molecule has 168 valence electrons. The fourth-order valence-corrected chi connectivity index (χ4v) is 3.66. The Morgan fingerprint density at radius 2 is 1.81 bits per heavy atom. The molecule has 1 aliphatic rings. The largest absolute Gasteiger partial charge is 0.360 e. The lowest BCUT2D eigenvalue weighted by Crippen LogP contribution is -2.50. The van der Waals surface area contributed by atoms with Gasteiger partial charge in [0.05, 0.1) is 11.9 Å². The maximum atomic E-state index is 12.9. The summed E-state index contributed by atoms with van der Waals surface area (Å²) < 4.78 is 7.18. The number of nitrogens with zero attached hydrogens (tertiary/aromatic N) is 6. The van der Waals surface area contributed by atoms with Crippen LogP contribution in [-0.2, 0) is 18.9 Å². The van der Waals surface area contributed by atoms with Crippen LogP contribution in [0.3, 0.4) is 0 Å². The second-order valence-corrected chi connectivity index (χ2v) is 7.71. The molecule has 1 N–H and O–H groups in total. The highest BCUT2D eigenvalue weighted by Crippen LogP contribution is 2.12. The third-order valence-electron chi connectivity index (χ3n) is 5.44. The van der Waals surface area contributed by atoms with Crippen LogP contribution in [0.25, 0.3) is 11.0 Å². The van der Waals surface area contributed by atoms with Gasteiger partial charge >= 0.3 is 5.69 Å². The molecule has 0 spiro atoms. The summed E-state index contributed by atoms with van der Waals surface area (Å²) >= 11 is 0. The summed E-state index contributed by atoms with van der Waals surface area (Å²) in [6, 6.07) is 4.65. The van der Waals surface area contributed by atoms with Gasteiger partial charge in [-0.25, -0.2) is 9.78 Å². The van der Waals surface area contributed by atoms with E-state index in [1.165, 1.54) is 30.8 Å². The molecule has 0 aromatic carbocycles. The second-order valence-electron chi connectivity index (χ2n) is 7.71. The number of fused-ring (bicyclic) bond motifs is 1. The number of pyridine rings is 1. The van der Waals surface area contributed by atoms with E-state index in [-0.39, 0.29) is 35.1 Å². The summed E-state index contributed by atoms with van der Waals surface area (Å²) in [7, 11) is 2.91. The minimum absolute atomic E-state index is 0.161. The van der Waals surface area contributed by atoms with Crippen LogP contribution in [0, 0.1) is 6.92 Å². The highest BCUT2D eigenvalue weighted by atomic mass is 16.5. The van der Waals surface area contributed by atoms with E-state index in [1.54, 1.807) is 17.9 Å². The molecular formula is C20H23N7O5. The average Bonchev–Trinajstić information content (AvgIpc) is 3.20. The topological polar surface area (TPSA) is 136 Å². The third kappa shape index (κ3) is 4.04. The van der Waals surface area contributed by atoms with Crippen molar-refractivity contribution in [3.05, 3.63) is 50.5 Å². The monoisotopic (exact) mass is 441 g/mol. The van der Waals surface area contributed by atoms with E-state index in [0.717, 1.165) is 4.57 Å². The van der Waals surface area contributed by atoms with E-state index in [1.807, 2.05) is 4.90 Å². The number of carbonyl (C=O) groups excluding carboxylic acids is 2. The molecule has 2 amide bonds. The molecule has 1 aliphatic heterocycles. The van der Waals surface area contributed by atoms with Gasteiger partial charge in [0.2, 0.25) is 5.91 Å². The van der Waals surface area contributed by atoms with Crippen molar-refractivity contribution < 1.29 is 14.1 Å². The Hall–Kier alpha value is -3.80.